The van der Waals surface area contributed by atoms with Gasteiger partial charge in [-0.1, -0.05) is 42.5 Å². The molecule has 28 heavy (non-hydrogen) atoms. The molecule has 0 radical (unpaired) electrons. The molecule has 140 valence electrons. The van der Waals surface area contributed by atoms with Crippen molar-refractivity contribution in [3.05, 3.63) is 84.6 Å². The van der Waals surface area contributed by atoms with Gasteiger partial charge in [-0.3, -0.25) is 0 Å². The average Bonchev–Trinajstić information content (AvgIpc) is 3.38. The number of hydrogen-bond donors (Lipinski definition) is 0. The molecular formula is C22H19N3O3. The van der Waals surface area contributed by atoms with Crippen LogP contribution in [0.25, 0.3) is 22.8 Å². The Morgan fingerprint density at radius 1 is 1.07 bits per heavy atom. The Bertz CT molecular complexity index is 1080. The zero-order chi connectivity index (χ0) is 19.3. The summed E-state index contributed by atoms with van der Waals surface area (Å²) in [6, 6.07) is 16.9. The van der Waals surface area contributed by atoms with E-state index in [0.29, 0.717) is 29.2 Å². The van der Waals surface area contributed by atoms with Crippen LogP contribution >= 0.6 is 0 Å². The molecule has 0 bridgehead atoms. The average molecular weight is 373 g/mol. The first-order chi connectivity index (χ1) is 13.7. The highest BCUT2D eigenvalue weighted by atomic mass is 16.5. The highest BCUT2D eigenvalue weighted by Crippen LogP contribution is 2.28. The standard InChI is InChI=1S/C22H19N3O3/c1-25-15-23-13-17(25)11-12-27-22(26)19-10-6-5-9-18(19)21-24-14-20(28-21)16-7-3-2-4-8-16/h2-10,13-15H,11-12H2,1H3. The van der Waals surface area contributed by atoms with Gasteiger partial charge >= 0.3 is 5.97 Å². The number of oxazole rings is 1. The number of rotatable bonds is 6. The molecule has 0 aliphatic heterocycles. The fourth-order valence-electron chi connectivity index (χ4n) is 2.93. The Labute approximate surface area is 162 Å². The van der Waals surface area contributed by atoms with E-state index in [9.17, 15) is 4.79 Å². The second-order valence-corrected chi connectivity index (χ2v) is 6.32. The van der Waals surface area contributed by atoms with Crippen molar-refractivity contribution in [2.45, 2.75) is 6.42 Å². The molecule has 2 aromatic heterocycles. The van der Waals surface area contributed by atoms with Gasteiger partial charge in [0.2, 0.25) is 5.89 Å². The van der Waals surface area contributed by atoms with E-state index in [2.05, 4.69) is 9.97 Å². The minimum Gasteiger partial charge on any atom is -0.462 e. The van der Waals surface area contributed by atoms with Gasteiger partial charge < -0.3 is 13.7 Å². The van der Waals surface area contributed by atoms with Crippen molar-refractivity contribution in [1.82, 2.24) is 14.5 Å². The lowest BCUT2D eigenvalue weighted by Gasteiger charge is -2.08. The van der Waals surface area contributed by atoms with Crippen LogP contribution in [0.4, 0.5) is 0 Å². The molecule has 4 rings (SSSR count). The van der Waals surface area contributed by atoms with E-state index in [-0.39, 0.29) is 6.61 Å². The lowest BCUT2D eigenvalue weighted by atomic mass is 10.1. The number of esters is 1. The van der Waals surface area contributed by atoms with E-state index in [1.807, 2.05) is 48.0 Å². The molecule has 4 aromatic rings. The van der Waals surface area contributed by atoms with Crippen LogP contribution in [0.1, 0.15) is 16.1 Å². The number of ether oxygens (including phenoxy) is 1. The van der Waals surface area contributed by atoms with Gasteiger partial charge in [0, 0.05) is 30.9 Å². The number of nitrogens with zero attached hydrogens (tertiary/aromatic N) is 3. The van der Waals surface area contributed by atoms with Gasteiger partial charge in [-0.2, -0.15) is 0 Å². The molecule has 2 heterocycles. The molecule has 0 aliphatic carbocycles. The topological polar surface area (TPSA) is 70.2 Å². The summed E-state index contributed by atoms with van der Waals surface area (Å²) in [6.45, 7) is 0.271. The third kappa shape index (κ3) is 3.71. The molecule has 0 spiro atoms. The largest absolute Gasteiger partial charge is 0.462 e. The minimum atomic E-state index is -0.405. The smallest absolute Gasteiger partial charge is 0.338 e. The van der Waals surface area contributed by atoms with E-state index in [1.54, 1.807) is 36.9 Å². The number of carbonyl (C=O) groups excluding carboxylic acids is 1. The van der Waals surface area contributed by atoms with Gasteiger partial charge in [-0.25, -0.2) is 14.8 Å². The van der Waals surface area contributed by atoms with Gasteiger partial charge in [0.15, 0.2) is 5.76 Å². The second-order valence-electron chi connectivity index (χ2n) is 6.32. The summed E-state index contributed by atoms with van der Waals surface area (Å²) in [5.74, 6) is 0.630. The second kappa shape index (κ2) is 7.92. The normalized spacial score (nSPS) is 10.8. The Kier molecular flexibility index (Phi) is 5.01. The summed E-state index contributed by atoms with van der Waals surface area (Å²) in [5.41, 5.74) is 2.96. The number of aromatic nitrogens is 3. The first-order valence-electron chi connectivity index (χ1n) is 8.95. The maximum Gasteiger partial charge on any atom is 0.338 e. The first-order valence-corrected chi connectivity index (χ1v) is 8.95. The molecule has 0 atom stereocenters. The summed E-state index contributed by atoms with van der Waals surface area (Å²) < 4.78 is 13.3. The van der Waals surface area contributed by atoms with Crippen LogP contribution in [-0.4, -0.2) is 27.1 Å². The Morgan fingerprint density at radius 2 is 1.86 bits per heavy atom. The molecular weight excluding hydrogens is 354 g/mol. The summed E-state index contributed by atoms with van der Waals surface area (Å²) in [6.07, 6.45) is 5.75. The molecule has 0 saturated heterocycles. The van der Waals surface area contributed by atoms with Crippen molar-refractivity contribution in [2.75, 3.05) is 6.61 Å². The fourth-order valence-corrected chi connectivity index (χ4v) is 2.93. The number of carbonyl (C=O) groups is 1. The highest BCUT2D eigenvalue weighted by Gasteiger charge is 2.18. The fraction of sp³-hybridized carbons (Fsp3) is 0.136. The van der Waals surface area contributed by atoms with Crippen molar-refractivity contribution in [1.29, 1.82) is 0 Å². The molecule has 0 saturated carbocycles. The van der Waals surface area contributed by atoms with Crippen molar-refractivity contribution in [3.8, 4) is 22.8 Å². The van der Waals surface area contributed by atoms with Crippen LogP contribution < -0.4 is 0 Å². The molecule has 0 N–H and O–H groups in total. The maximum atomic E-state index is 12.6. The van der Waals surface area contributed by atoms with Crippen molar-refractivity contribution in [2.24, 2.45) is 7.05 Å². The van der Waals surface area contributed by atoms with Crippen LogP contribution in [0.5, 0.6) is 0 Å². The summed E-state index contributed by atoms with van der Waals surface area (Å²) in [5, 5.41) is 0. The Balaban J connectivity index is 1.51. The molecule has 6 heteroatoms. The number of imidazole rings is 1. The van der Waals surface area contributed by atoms with E-state index in [4.69, 9.17) is 9.15 Å². The summed E-state index contributed by atoms with van der Waals surface area (Å²) >= 11 is 0. The van der Waals surface area contributed by atoms with Crippen LogP contribution in [0.3, 0.4) is 0 Å². The summed E-state index contributed by atoms with van der Waals surface area (Å²) in [7, 11) is 1.91. The molecule has 6 nitrogen and oxygen atoms in total. The number of benzene rings is 2. The lowest BCUT2D eigenvalue weighted by Crippen LogP contribution is -2.10. The maximum absolute atomic E-state index is 12.6. The van der Waals surface area contributed by atoms with Crippen molar-refractivity contribution >= 4 is 5.97 Å². The zero-order valence-electron chi connectivity index (χ0n) is 15.4. The number of hydrogen-bond acceptors (Lipinski definition) is 5. The predicted octanol–water partition coefficient (Wildman–Crippen LogP) is 4.14. The predicted molar refractivity (Wildman–Crippen MR) is 105 cm³/mol. The zero-order valence-corrected chi connectivity index (χ0v) is 15.4. The third-order valence-electron chi connectivity index (χ3n) is 4.45. The SMILES string of the molecule is Cn1cncc1CCOC(=O)c1ccccc1-c1ncc(-c2ccccc2)o1. The van der Waals surface area contributed by atoms with E-state index >= 15 is 0 Å². The molecule has 0 aliphatic rings. The van der Waals surface area contributed by atoms with Crippen LogP contribution in [0.15, 0.2) is 77.7 Å². The monoisotopic (exact) mass is 373 g/mol. The molecule has 0 fully saturated rings. The van der Waals surface area contributed by atoms with Crippen LogP contribution in [0.2, 0.25) is 0 Å². The Morgan fingerprint density at radius 3 is 2.64 bits per heavy atom. The van der Waals surface area contributed by atoms with Crippen molar-refractivity contribution in [3.63, 3.8) is 0 Å². The third-order valence-corrected chi connectivity index (χ3v) is 4.45. The molecule has 0 unspecified atom stereocenters. The molecule has 2 aromatic carbocycles. The van der Waals surface area contributed by atoms with Gasteiger partial charge in [-0.15, -0.1) is 0 Å². The van der Waals surface area contributed by atoms with Gasteiger partial charge in [-0.05, 0) is 12.1 Å². The van der Waals surface area contributed by atoms with Crippen molar-refractivity contribution < 1.29 is 13.9 Å². The lowest BCUT2D eigenvalue weighted by molar-refractivity contribution is 0.0508. The summed E-state index contributed by atoms with van der Waals surface area (Å²) in [4.78, 5) is 21.0. The number of aryl methyl sites for hydroxylation is 1. The van der Waals surface area contributed by atoms with Crippen LogP contribution in [-0.2, 0) is 18.2 Å². The van der Waals surface area contributed by atoms with E-state index in [0.717, 1.165) is 11.3 Å². The Hall–Kier alpha value is -3.67. The van der Waals surface area contributed by atoms with E-state index < -0.39 is 5.97 Å². The van der Waals surface area contributed by atoms with Gasteiger partial charge in [0.05, 0.1) is 30.3 Å². The highest BCUT2D eigenvalue weighted by molar-refractivity contribution is 5.96. The quantitative estimate of drug-likeness (QED) is 0.475. The van der Waals surface area contributed by atoms with Crippen LogP contribution in [0, 0.1) is 0 Å². The van der Waals surface area contributed by atoms with E-state index in [1.165, 1.54) is 0 Å². The minimum absolute atomic E-state index is 0.271. The first kappa shape index (κ1) is 17.7. The van der Waals surface area contributed by atoms with Gasteiger partial charge in [0.1, 0.15) is 0 Å². The van der Waals surface area contributed by atoms with Gasteiger partial charge in [0.25, 0.3) is 0 Å². The molecule has 0 amide bonds.